The molecule has 1 heterocycles. The minimum Gasteiger partial charge on any atom is -0.258 e. The maximum atomic E-state index is 10.7. The molecule has 0 saturated heterocycles. The van der Waals surface area contributed by atoms with Gasteiger partial charge in [0.2, 0.25) is 0 Å². The topological polar surface area (TPSA) is 66.9 Å². The molecule has 0 unspecified atom stereocenters. The van der Waals surface area contributed by atoms with Crippen molar-refractivity contribution in [2.45, 2.75) is 9.10 Å². The molecule has 2 aromatic carbocycles. The number of non-ortho nitro benzene ring substituents is 1. The molecule has 0 N–H and O–H groups in total. The van der Waals surface area contributed by atoms with E-state index in [1.807, 2.05) is 36.4 Å². The lowest BCUT2D eigenvalue weighted by molar-refractivity contribution is -0.384. The molecular formula is C19H11ClN2O2S2. The lowest BCUT2D eigenvalue weighted by atomic mass is 10.1. The second-order valence-electron chi connectivity index (χ2n) is 5.19. The highest BCUT2D eigenvalue weighted by atomic mass is 35.5. The lowest BCUT2D eigenvalue weighted by Crippen LogP contribution is -1.88. The molecular weight excluding hydrogens is 388 g/mol. The van der Waals surface area contributed by atoms with Crippen molar-refractivity contribution in [1.29, 1.82) is 5.26 Å². The number of hydrogen-bond acceptors (Lipinski definition) is 5. The largest absolute Gasteiger partial charge is 0.269 e. The number of benzene rings is 2. The van der Waals surface area contributed by atoms with Gasteiger partial charge in [0, 0.05) is 26.9 Å². The molecule has 0 spiro atoms. The van der Waals surface area contributed by atoms with Crippen LogP contribution in [0.4, 0.5) is 5.69 Å². The molecule has 128 valence electrons. The van der Waals surface area contributed by atoms with Crippen molar-refractivity contribution in [3.05, 3.63) is 86.2 Å². The zero-order valence-corrected chi connectivity index (χ0v) is 15.6. The Morgan fingerprint density at radius 3 is 2.42 bits per heavy atom. The molecule has 0 radical (unpaired) electrons. The number of thiophene rings is 1. The summed E-state index contributed by atoms with van der Waals surface area (Å²) in [4.78, 5) is 12.3. The van der Waals surface area contributed by atoms with E-state index in [1.165, 1.54) is 12.1 Å². The highest BCUT2D eigenvalue weighted by Gasteiger charge is 2.08. The smallest absolute Gasteiger partial charge is 0.258 e. The van der Waals surface area contributed by atoms with E-state index in [4.69, 9.17) is 11.6 Å². The van der Waals surface area contributed by atoms with Gasteiger partial charge in [0.1, 0.15) is 0 Å². The number of nitro groups is 1. The first-order chi connectivity index (χ1) is 12.5. The molecule has 3 aromatic rings. The summed E-state index contributed by atoms with van der Waals surface area (Å²) in [5.41, 5.74) is 1.12. The fourth-order valence-electron chi connectivity index (χ4n) is 2.17. The Kier molecular flexibility index (Phi) is 5.74. The van der Waals surface area contributed by atoms with Crippen molar-refractivity contribution in [1.82, 2.24) is 0 Å². The molecule has 7 heteroatoms. The Hall–Kier alpha value is -2.59. The van der Waals surface area contributed by atoms with Crippen LogP contribution in [0.5, 0.6) is 0 Å². The Morgan fingerprint density at radius 1 is 1.12 bits per heavy atom. The zero-order valence-electron chi connectivity index (χ0n) is 13.3. The van der Waals surface area contributed by atoms with Gasteiger partial charge in [0.15, 0.2) is 0 Å². The minimum absolute atomic E-state index is 0.00353. The van der Waals surface area contributed by atoms with Gasteiger partial charge in [-0.25, -0.2) is 0 Å². The predicted molar refractivity (Wildman–Crippen MR) is 106 cm³/mol. The first-order valence-electron chi connectivity index (χ1n) is 7.45. The van der Waals surface area contributed by atoms with Crippen LogP contribution in [-0.2, 0) is 0 Å². The standard InChI is InChI=1S/C19H11ClN2O2S2/c20-15-3-7-17(8-4-15)25-19-10-9-18(26-19)11-14(12-21)13-1-5-16(6-2-13)22(23)24/h1-11H/b14-11+. The molecule has 4 nitrogen and oxygen atoms in total. The Morgan fingerprint density at radius 2 is 1.81 bits per heavy atom. The highest BCUT2D eigenvalue weighted by Crippen LogP contribution is 2.35. The molecule has 26 heavy (non-hydrogen) atoms. The van der Waals surface area contributed by atoms with Crippen molar-refractivity contribution >= 4 is 52.0 Å². The van der Waals surface area contributed by atoms with Crippen LogP contribution in [0.2, 0.25) is 5.02 Å². The van der Waals surface area contributed by atoms with E-state index in [0.717, 1.165) is 14.0 Å². The van der Waals surface area contributed by atoms with Crippen molar-refractivity contribution in [3.63, 3.8) is 0 Å². The third kappa shape index (κ3) is 4.52. The molecule has 0 saturated carbocycles. The van der Waals surface area contributed by atoms with Crippen LogP contribution in [0.1, 0.15) is 10.4 Å². The minimum atomic E-state index is -0.459. The summed E-state index contributed by atoms with van der Waals surface area (Å²) in [5, 5.41) is 20.9. The van der Waals surface area contributed by atoms with Gasteiger partial charge in [-0.1, -0.05) is 23.4 Å². The maximum Gasteiger partial charge on any atom is 0.269 e. The van der Waals surface area contributed by atoms with Crippen molar-refractivity contribution in [3.8, 4) is 6.07 Å². The van der Waals surface area contributed by atoms with Gasteiger partial charge in [-0.15, -0.1) is 11.3 Å². The Labute approximate surface area is 163 Å². The molecule has 0 aliphatic heterocycles. The Bertz CT molecular complexity index is 1000. The number of hydrogen-bond donors (Lipinski definition) is 0. The first-order valence-corrected chi connectivity index (χ1v) is 9.46. The third-order valence-corrected chi connectivity index (χ3v) is 5.85. The van der Waals surface area contributed by atoms with Crippen LogP contribution < -0.4 is 0 Å². The van der Waals surface area contributed by atoms with Crippen LogP contribution in [0.3, 0.4) is 0 Å². The van der Waals surface area contributed by atoms with Gasteiger partial charge in [-0.3, -0.25) is 10.1 Å². The number of rotatable bonds is 5. The fraction of sp³-hybridized carbons (Fsp3) is 0. The van der Waals surface area contributed by atoms with Gasteiger partial charge < -0.3 is 0 Å². The van der Waals surface area contributed by atoms with Crippen LogP contribution in [0.25, 0.3) is 11.6 Å². The molecule has 0 aliphatic rings. The summed E-state index contributed by atoms with van der Waals surface area (Å²) in [6.45, 7) is 0. The summed E-state index contributed by atoms with van der Waals surface area (Å²) in [7, 11) is 0. The molecule has 0 aliphatic carbocycles. The third-order valence-electron chi connectivity index (χ3n) is 3.43. The number of nitrogens with zero attached hydrogens (tertiary/aromatic N) is 2. The predicted octanol–water partition coefficient (Wildman–Crippen LogP) is 6.53. The quantitative estimate of drug-likeness (QED) is 0.278. The number of halogens is 1. The molecule has 1 aromatic heterocycles. The second-order valence-corrected chi connectivity index (χ2v) is 8.11. The fourth-order valence-corrected chi connectivity index (χ4v) is 4.36. The number of allylic oxidation sites excluding steroid dienone is 1. The normalized spacial score (nSPS) is 11.2. The zero-order chi connectivity index (χ0) is 18.5. The molecule has 0 amide bonds. The van der Waals surface area contributed by atoms with Crippen LogP contribution in [0.15, 0.2) is 69.8 Å². The van der Waals surface area contributed by atoms with Gasteiger partial charge in [-0.05, 0) is 60.2 Å². The maximum absolute atomic E-state index is 10.7. The van der Waals surface area contributed by atoms with Crippen molar-refractivity contribution in [2.24, 2.45) is 0 Å². The lowest BCUT2D eigenvalue weighted by Gasteiger charge is -1.99. The van der Waals surface area contributed by atoms with Gasteiger partial charge in [-0.2, -0.15) is 5.26 Å². The van der Waals surface area contributed by atoms with E-state index in [0.29, 0.717) is 16.2 Å². The van der Waals surface area contributed by atoms with E-state index in [1.54, 1.807) is 41.3 Å². The van der Waals surface area contributed by atoms with E-state index in [2.05, 4.69) is 6.07 Å². The molecule has 0 fully saturated rings. The molecule has 3 rings (SSSR count). The SMILES string of the molecule is N#C/C(=C\c1ccc(Sc2ccc(Cl)cc2)s1)c1ccc([N+](=O)[O-])cc1. The highest BCUT2D eigenvalue weighted by molar-refractivity contribution is 8.01. The van der Waals surface area contributed by atoms with E-state index >= 15 is 0 Å². The number of nitriles is 1. The summed E-state index contributed by atoms with van der Waals surface area (Å²) in [5.74, 6) is 0. The average Bonchev–Trinajstić information content (AvgIpc) is 3.09. The van der Waals surface area contributed by atoms with Crippen molar-refractivity contribution < 1.29 is 4.92 Å². The Balaban J connectivity index is 1.79. The molecule has 0 atom stereocenters. The van der Waals surface area contributed by atoms with E-state index in [-0.39, 0.29) is 5.69 Å². The van der Waals surface area contributed by atoms with Crippen LogP contribution in [0, 0.1) is 21.4 Å². The van der Waals surface area contributed by atoms with Gasteiger partial charge >= 0.3 is 0 Å². The molecule has 0 bridgehead atoms. The summed E-state index contributed by atoms with van der Waals surface area (Å²) < 4.78 is 1.10. The monoisotopic (exact) mass is 398 g/mol. The number of nitro benzene ring substituents is 1. The van der Waals surface area contributed by atoms with Gasteiger partial charge in [0.05, 0.1) is 20.8 Å². The van der Waals surface area contributed by atoms with Crippen LogP contribution in [-0.4, -0.2) is 4.92 Å². The summed E-state index contributed by atoms with van der Waals surface area (Å²) in [6, 6.07) is 19.7. The van der Waals surface area contributed by atoms with Crippen LogP contribution >= 0.6 is 34.7 Å². The van der Waals surface area contributed by atoms with Crippen molar-refractivity contribution in [2.75, 3.05) is 0 Å². The van der Waals surface area contributed by atoms with E-state index in [9.17, 15) is 15.4 Å². The summed E-state index contributed by atoms with van der Waals surface area (Å²) >= 11 is 9.09. The van der Waals surface area contributed by atoms with E-state index < -0.39 is 4.92 Å². The van der Waals surface area contributed by atoms with Gasteiger partial charge in [0.25, 0.3) is 5.69 Å². The average molecular weight is 399 g/mol. The second kappa shape index (κ2) is 8.19. The summed E-state index contributed by atoms with van der Waals surface area (Å²) in [6.07, 6.45) is 1.79. The first kappa shape index (κ1) is 18.2.